The van der Waals surface area contributed by atoms with Gasteiger partial charge in [0.2, 0.25) is 0 Å². The van der Waals surface area contributed by atoms with Crippen LogP contribution in [0.4, 0.5) is 10.1 Å². The van der Waals surface area contributed by atoms with Gasteiger partial charge in [0, 0.05) is 19.1 Å². The zero-order chi connectivity index (χ0) is 13.1. The maximum atomic E-state index is 14.1. The molecule has 2 unspecified atom stereocenters. The lowest BCUT2D eigenvalue weighted by Gasteiger charge is -2.32. The van der Waals surface area contributed by atoms with E-state index in [1.165, 1.54) is 0 Å². The molecule has 0 saturated carbocycles. The van der Waals surface area contributed by atoms with Crippen molar-refractivity contribution in [2.45, 2.75) is 31.9 Å². The Balaban J connectivity index is 2.19. The predicted octanol–water partition coefficient (Wildman–Crippen LogP) is 2.07. The number of aliphatic hydroxyl groups is 1. The summed E-state index contributed by atoms with van der Waals surface area (Å²) in [6.07, 6.45) is 1.39. The molecule has 2 N–H and O–H groups in total. The van der Waals surface area contributed by atoms with Crippen LogP contribution in [0.1, 0.15) is 31.4 Å². The molecule has 0 bridgehead atoms. The van der Waals surface area contributed by atoms with Crippen LogP contribution in [0.25, 0.3) is 0 Å². The monoisotopic (exact) mass is 252 g/mol. The average Bonchev–Trinajstić information content (AvgIpc) is 2.37. The quantitative estimate of drug-likeness (QED) is 0.864. The Morgan fingerprint density at radius 1 is 1.50 bits per heavy atom. The summed E-state index contributed by atoms with van der Waals surface area (Å²) in [4.78, 5) is 1.93. The smallest absolute Gasteiger partial charge is 0.146 e. The Morgan fingerprint density at radius 2 is 2.28 bits per heavy atom. The molecule has 2 atom stereocenters. The normalized spacial score (nSPS) is 22.0. The second-order valence-electron chi connectivity index (χ2n) is 4.96. The molecule has 0 spiro atoms. The number of β-amino-alcohol motifs (C(OH)–C–C–N with tert-alkyl or cyclic N) is 1. The fourth-order valence-corrected chi connectivity index (χ4v) is 2.39. The van der Waals surface area contributed by atoms with Crippen LogP contribution in [0.3, 0.4) is 0 Å². The van der Waals surface area contributed by atoms with Crippen molar-refractivity contribution in [2.24, 2.45) is 0 Å². The molecule has 1 aliphatic heterocycles. The standard InChI is InChI=1S/C14H21FN2O/c1-10(16-2)11-5-6-14(13(15)8-11)17-7-3-4-12(18)9-17/h5-6,8,10,12,16,18H,3-4,7,9H2,1-2H3. The number of rotatable bonds is 3. The number of aliphatic hydroxyl groups excluding tert-OH is 1. The first-order chi connectivity index (χ1) is 8.61. The number of nitrogens with zero attached hydrogens (tertiary/aromatic N) is 1. The van der Waals surface area contributed by atoms with Gasteiger partial charge < -0.3 is 15.3 Å². The fraction of sp³-hybridized carbons (Fsp3) is 0.571. The van der Waals surface area contributed by atoms with Crippen LogP contribution in [0.15, 0.2) is 18.2 Å². The first-order valence-corrected chi connectivity index (χ1v) is 6.51. The van der Waals surface area contributed by atoms with Gasteiger partial charge in [0.25, 0.3) is 0 Å². The maximum Gasteiger partial charge on any atom is 0.146 e. The van der Waals surface area contributed by atoms with Gasteiger partial charge in [-0.3, -0.25) is 0 Å². The van der Waals surface area contributed by atoms with Crippen LogP contribution in [0, 0.1) is 5.82 Å². The summed E-state index contributed by atoms with van der Waals surface area (Å²) in [6, 6.07) is 5.48. The van der Waals surface area contributed by atoms with Crippen molar-refractivity contribution in [3.8, 4) is 0 Å². The van der Waals surface area contributed by atoms with Gasteiger partial charge in [0.05, 0.1) is 11.8 Å². The average molecular weight is 252 g/mol. The van der Waals surface area contributed by atoms with E-state index >= 15 is 0 Å². The highest BCUT2D eigenvalue weighted by Gasteiger charge is 2.20. The largest absolute Gasteiger partial charge is 0.391 e. The highest BCUT2D eigenvalue weighted by Crippen LogP contribution is 2.26. The van der Waals surface area contributed by atoms with Gasteiger partial charge in [0.15, 0.2) is 0 Å². The predicted molar refractivity (Wildman–Crippen MR) is 71.3 cm³/mol. The molecule has 100 valence electrons. The minimum atomic E-state index is -0.339. The van der Waals surface area contributed by atoms with E-state index in [0.29, 0.717) is 12.2 Å². The number of halogens is 1. The van der Waals surface area contributed by atoms with E-state index < -0.39 is 0 Å². The molecule has 4 heteroatoms. The molecule has 0 radical (unpaired) electrons. The van der Waals surface area contributed by atoms with E-state index in [4.69, 9.17) is 0 Å². The molecule has 18 heavy (non-hydrogen) atoms. The van der Waals surface area contributed by atoms with Gasteiger partial charge in [-0.15, -0.1) is 0 Å². The molecule has 0 aliphatic carbocycles. The Bertz CT molecular complexity index is 411. The zero-order valence-corrected chi connectivity index (χ0v) is 11.0. The SMILES string of the molecule is CNC(C)c1ccc(N2CCCC(O)C2)c(F)c1. The number of hydrogen-bond donors (Lipinski definition) is 2. The van der Waals surface area contributed by atoms with Gasteiger partial charge in [-0.05, 0) is 44.5 Å². The zero-order valence-electron chi connectivity index (χ0n) is 11.0. The van der Waals surface area contributed by atoms with E-state index in [-0.39, 0.29) is 18.0 Å². The molecule has 2 rings (SSSR count). The van der Waals surface area contributed by atoms with Crippen LogP contribution in [0.2, 0.25) is 0 Å². The number of benzene rings is 1. The second kappa shape index (κ2) is 5.67. The number of nitrogens with one attached hydrogen (secondary N) is 1. The lowest BCUT2D eigenvalue weighted by molar-refractivity contribution is 0.154. The Kier molecular flexibility index (Phi) is 4.19. The first kappa shape index (κ1) is 13.3. The van der Waals surface area contributed by atoms with E-state index in [2.05, 4.69) is 5.32 Å². The van der Waals surface area contributed by atoms with Crippen LogP contribution in [-0.2, 0) is 0 Å². The van der Waals surface area contributed by atoms with Crippen LogP contribution < -0.4 is 10.2 Å². The molecule has 1 aromatic carbocycles. The second-order valence-corrected chi connectivity index (χ2v) is 4.96. The summed E-state index contributed by atoms with van der Waals surface area (Å²) in [7, 11) is 1.86. The Labute approximate surface area is 108 Å². The lowest BCUT2D eigenvalue weighted by Crippen LogP contribution is -2.38. The summed E-state index contributed by atoms with van der Waals surface area (Å²) in [5.41, 5.74) is 1.54. The third-order valence-corrected chi connectivity index (χ3v) is 3.64. The van der Waals surface area contributed by atoms with Crippen molar-refractivity contribution < 1.29 is 9.50 Å². The summed E-state index contributed by atoms with van der Waals surface area (Å²) in [5.74, 6) is -0.205. The lowest BCUT2D eigenvalue weighted by atomic mass is 10.0. The molecule has 1 heterocycles. The van der Waals surface area contributed by atoms with Crippen molar-refractivity contribution in [1.29, 1.82) is 0 Å². The summed E-state index contributed by atoms with van der Waals surface area (Å²) in [6.45, 7) is 3.34. The van der Waals surface area contributed by atoms with Crippen molar-refractivity contribution in [3.05, 3.63) is 29.6 Å². The summed E-state index contributed by atoms with van der Waals surface area (Å²) in [5, 5.41) is 12.7. The number of piperidine rings is 1. The summed E-state index contributed by atoms with van der Waals surface area (Å²) >= 11 is 0. The van der Waals surface area contributed by atoms with E-state index in [9.17, 15) is 9.50 Å². The van der Waals surface area contributed by atoms with E-state index in [1.807, 2.05) is 31.0 Å². The molecule has 3 nitrogen and oxygen atoms in total. The van der Waals surface area contributed by atoms with Crippen molar-refractivity contribution >= 4 is 5.69 Å². The van der Waals surface area contributed by atoms with Gasteiger partial charge >= 0.3 is 0 Å². The molecule has 1 fully saturated rings. The minimum absolute atomic E-state index is 0.139. The van der Waals surface area contributed by atoms with Gasteiger partial charge in [-0.2, -0.15) is 0 Å². The molecular formula is C14H21FN2O. The third kappa shape index (κ3) is 2.82. The van der Waals surface area contributed by atoms with Crippen molar-refractivity contribution in [3.63, 3.8) is 0 Å². The highest BCUT2D eigenvalue weighted by atomic mass is 19.1. The van der Waals surface area contributed by atoms with Crippen LogP contribution >= 0.6 is 0 Å². The number of anilines is 1. The molecule has 0 aromatic heterocycles. The number of hydrogen-bond acceptors (Lipinski definition) is 3. The molecule has 1 aromatic rings. The van der Waals surface area contributed by atoms with Crippen molar-refractivity contribution in [1.82, 2.24) is 5.32 Å². The van der Waals surface area contributed by atoms with Gasteiger partial charge in [-0.25, -0.2) is 4.39 Å². The minimum Gasteiger partial charge on any atom is -0.391 e. The Hall–Kier alpha value is -1.13. The topological polar surface area (TPSA) is 35.5 Å². The Morgan fingerprint density at radius 3 is 2.89 bits per heavy atom. The van der Waals surface area contributed by atoms with Crippen LogP contribution in [-0.4, -0.2) is 31.3 Å². The molecular weight excluding hydrogens is 231 g/mol. The van der Waals surface area contributed by atoms with E-state index in [0.717, 1.165) is 24.9 Å². The van der Waals surface area contributed by atoms with Gasteiger partial charge in [0.1, 0.15) is 5.82 Å². The molecule has 0 amide bonds. The maximum absolute atomic E-state index is 14.1. The fourth-order valence-electron chi connectivity index (χ4n) is 2.39. The summed E-state index contributed by atoms with van der Waals surface area (Å²) < 4.78 is 14.1. The van der Waals surface area contributed by atoms with Crippen LogP contribution in [0.5, 0.6) is 0 Å². The van der Waals surface area contributed by atoms with Crippen molar-refractivity contribution in [2.75, 3.05) is 25.0 Å². The highest BCUT2D eigenvalue weighted by molar-refractivity contribution is 5.50. The molecule has 1 saturated heterocycles. The third-order valence-electron chi connectivity index (χ3n) is 3.64. The van der Waals surface area contributed by atoms with E-state index in [1.54, 1.807) is 6.07 Å². The first-order valence-electron chi connectivity index (χ1n) is 6.51. The molecule has 1 aliphatic rings. The van der Waals surface area contributed by atoms with Gasteiger partial charge in [-0.1, -0.05) is 6.07 Å².